The minimum atomic E-state index is -0.194. The lowest BCUT2D eigenvalue weighted by Gasteiger charge is -2.14. The average Bonchev–Trinajstić information content (AvgIpc) is 2.76. The Morgan fingerprint density at radius 2 is 2.16 bits per heavy atom. The molecule has 0 spiro atoms. The second kappa shape index (κ2) is 5.97. The summed E-state index contributed by atoms with van der Waals surface area (Å²) in [5, 5.41) is 7.80. The van der Waals surface area contributed by atoms with Crippen LogP contribution in [-0.2, 0) is 20.0 Å². The van der Waals surface area contributed by atoms with Crippen LogP contribution in [0.15, 0.2) is 30.3 Å². The molecule has 2 aromatic rings. The van der Waals surface area contributed by atoms with Crippen LogP contribution in [-0.4, -0.2) is 9.78 Å². The fourth-order valence-corrected chi connectivity index (χ4v) is 2.06. The van der Waals surface area contributed by atoms with Crippen molar-refractivity contribution in [2.75, 3.05) is 0 Å². The van der Waals surface area contributed by atoms with Gasteiger partial charge in [-0.2, -0.15) is 5.10 Å². The van der Waals surface area contributed by atoms with E-state index in [9.17, 15) is 4.39 Å². The maximum absolute atomic E-state index is 13.2. The highest BCUT2D eigenvalue weighted by Gasteiger charge is 2.08. The Balaban J connectivity index is 2.00. The summed E-state index contributed by atoms with van der Waals surface area (Å²) in [6, 6.07) is 8.91. The van der Waals surface area contributed by atoms with Gasteiger partial charge in [0.15, 0.2) is 0 Å². The highest BCUT2D eigenvalue weighted by atomic mass is 19.1. The van der Waals surface area contributed by atoms with E-state index in [1.54, 1.807) is 12.1 Å². The van der Waals surface area contributed by atoms with Crippen LogP contribution < -0.4 is 5.32 Å². The van der Waals surface area contributed by atoms with E-state index in [1.165, 1.54) is 6.07 Å². The van der Waals surface area contributed by atoms with E-state index in [0.717, 1.165) is 29.9 Å². The van der Waals surface area contributed by atoms with Crippen molar-refractivity contribution in [3.63, 3.8) is 0 Å². The smallest absolute Gasteiger partial charge is 0.123 e. The number of rotatable bonds is 5. The standard InChI is InChI=1S/C15H20FN3/c1-4-14-9-15(19(3)18-14)10-17-11(2)12-6-5-7-13(16)8-12/h5-9,11,17H,4,10H2,1-3H3/t11-/m1/s1. The Morgan fingerprint density at radius 1 is 1.37 bits per heavy atom. The molecule has 0 aliphatic rings. The van der Waals surface area contributed by atoms with E-state index in [-0.39, 0.29) is 11.9 Å². The van der Waals surface area contributed by atoms with Crippen LogP contribution in [0.1, 0.15) is 36.8 Å². The minimum Gasteiger partial charge on any atom is -0.305 e. The first kappa shape index (κ1) is 13.7. The summed E-state index contributed by atoms with van der Waals surface area (Å²) in [5.74, 6) is -0.194. The Morgan fingerprint density at radius 3 is 2.79 bits per heavy atom. The molecule has 0 radical (unpaired) electrons. The largest absolute Gasteiger partial charge is 0.305 e. The van der Waals surface area contributed by atoms with Gasteiger partial charge in [0.1, 0.15) is 5.82 Å². The fraction of sp³-hybridized carbons (Fsp3) is 0.400. The first-order valence-corrected chi connectivity index (χ1v) is 6.60. The van der Waals surface area contributed by atoms with E-state index >= 15 is 0 Å². The van der Waals surface area contributed by atoms with Gasteiger partial charge in [-0.05, 0) is 37.1 Å². The van der Waals surface area contributed by atoms with Crippen LogP contribution in [0.2, 0.25) is 0 Å². The molecular weight excluding hydrogens is 241 g/mol. The summed E-state index contributed by atoms with van der Waals surface area (Å²) >= 11 is 0. The molecule has 102 valence electrons. The zero-order valence-electron chi connectivity index (χ0n) is 11.7. The predicted molar refractivity (Wildman–Crippen MR) is 74.2 cm³/mol. The van der Waals surface area contributed by atoms with Gasteiger partial charge in [0.25, 0.3) is 0 Å². The summed E-state index contributed by atoms with van der Waals surface area (Å²) in [6.45, 7) is 4.85. The molecule has 0 unspecified atom stereocenters. The minimum absolute atomic E-state index is 0.107. The molecule has 1 heterocycles. The molecule has 0 saturated heterocycles. The summed E-state index contributed by atoms with van der Waals surface area (Å²) in [6.07, 6.45) is 0.938. The molecule has 0 amide bonds. The third-order valence-electron chi connectivity index (χ3n) is 3.33. The Kier molecular flexibility index (Phi) is 4.32. The van der Waals surface area contributed by atoms with E-state index in [2.05, 4.69) is 23.4 Å². The van der Waals surface area contributed by atoms with Gasteiger partial charge in [-0.15, -0.1) is 0 Å². The van der Waals surface area contributed by atoms with Gasteiger partial charge in [0, 0.05) is 19.6 Å². The summed E-state index contributed by atoms with van der Waals surface area (Å²) < 4.78 is 15.1. The van der Waals surface area contributed by atoms with Crippen molar-refractivity contribution in [2.45, 2.75) is 32.9 Å². The molecule has 19 heavy (non-hydrogen) atoms. The number of halogens is 1. The zero-order chi connectivity index (χ0) is 13.8. The number of aryl methyl sites for hydroxylation is 2. The van der Waals surface area contributed by atoms with Crippen LogP contribution in [0.4, 0.5) is 4.39 Å². The van der Waals surface area contributed by atoms with Gasteiger partial charge < -0.3 is 5.32 Å². The molecule has 3 nitrogen and oxygen atoms in total. The van der Waals surface area contributed by atoms with Crippen LogP contribution >= 0.6 is 0 Å². The van der Waals surface area contributed by atoms with Gasteiger partial charge in [0.2, 0.25) is 0 Å². The molecule has 0 aliphatic carbocycles. The molecule has 1 N–H and O–H groups in total. The SMILES string of the molecule is CCc1cc(CN[C@H](C)c2cccc(F)c2)n(C)n1. The van der Waals surface area contributed by atoms with Crippen molar-refractivity contribution in [1.82, 2.24) is 15.1 Å². The monoisotopic (exact) mass is 261 g/mol. The van der Waals surface area contributed by atoms with Gasteiger partial charge in [0.05, 0.1) is 11.4 Å². The lowest BCUT2D eigenvalue weighted by molar-refractivity contribution is 0.542. The van der Waals surface area contributed by atoms with Crippen molar-refractivity contribution in [3.05, 3.63) is 53.1 Å². The Bertz CT molecular complexity index is 548. The summed E-state index contributed by atoms with van der Waals surface area (Å²) in [4.78, 5) is 0. The number of benzene rings is 1. The Hall–Kier alpha value is -1.68. The Labute approximate surface area is 113 Å². The molecule has 1 atom stereocenters. The highest BCUT2D eigenvalue weighted by Crippen LogP contribution is 2.14. The van der Waals surface area contributed by atoms with Crippen molar-refractivity contribution < 1.29 is 4.39 Å². The van der Waals surface area contributed by atoms with Crippen molar-refractivity contribution >= 4 is 0 Å². The molecule has 1 aromatic carbocycles. The number of aromatic nitrogens is 2. The quantitative estimate of drug-likeness (QED) is 0.896. The molecular formula is C15H20FN3. The second-order valence-electron chi connectivity index (χ2n) is 4.76. The maximum Gasteiger partial charge on any atom is 0.123 e. The number of nitrogens with zero attached hydrogens (tertiary/aromatic N) is 2. The topological polar surface area (TPSA) is 29.9 Å². The van der Waals surface area contributed by atoms with E-state index in [0.29, 0.717) is 0 Å². The second-order valence-corrected chi connectivity index (χ2v) is 4.76. The van der Waals surface area contributed by atoms with E-state index in [1.807, 2.05) is 24.7 Å². The summed E-state index contributed by atoms with van der Waals surface area (Å²) in [5.41, 5.74) is 3.19. The average molecular weight is 261 g/mol. The molecule has 1 aromatic heterocycles. The fourth-order valence-electron chi connectivity index (χ4n) is 2.06. The molecule has 4 heteroatoms. The van der Waals surface area contributed by atoms with E-state index in [4.69, 9.17) is 0 Å². The lowest BCUT2D eigenvalue weighted by Crippen LogP contribution is -2.19. The predicted octanol–water partition coefficient (Wildman–Crippen LogP) is 2.97. The first-order chi connectivity index (χ1) is 9.10. The number of nitrogens with one attached hydrogen (secondary N) is 1. The third kappa shape index (κ3) is 3.41. The van der Waals surface area contributed by atoms with E-state index < -0.39 is 0 Å². The highest BCUT2D eigenvalue weighted by molar-refractivity contribution is 5.20. The van der Waals surface area contributed by atoms with Crippen LogP contribution in [0.25, 0.3) is 0 Å². The van der Waals surface area contributed by atoms with Gasteiger partial charge in [-0.1, -0.05) is 19.1 Å². The van der Waals surface area contributed by atoms with Crippen LogP contribution in [0.3, 0.4) is 0 Å². The number of hydrogen-bond acceptors (Lipinski definition) is 2. The molecule has 0 fully saturated rings. The summed E-state index contributed by atoms with van der Waals surface area (Å²) in [7, 11) is 1.95. The van der Waals surface area contributed by atoms with Gasteiger partial charge >= 0.3 is 0 Å². The normalized spacial score (nSPS) is 12.6. The molecule has 0 saturated carbocycles. The van der Waals surface area contributed by atoms with Crippen LogP contribution in [0.5, 0.6) is 0 Å². The lowest BCUT2D eigenvalue weighted by atomic mass is 10.1. The molecule has 0 bridgehead atoms. The van der Waals surface area contributed by atoms with Gasteiger partial charge in [-0.3, -0.25) is 4.68 Å². The molecule has 0 aliphatic heterocycles. The number of hydrogen-bond donors (Lipinski definition) is 1. The van der Waals surface area contributed by atoms with Crippen LogP contribution in [0, 0.1) is 5.82 Å². The first-order valence-electron chi connectivity index (χ1n) is 6.60. The van der Waals surface area contributed by atoms with Gasteiger partial charge in [-0.25, -0.2) is 4.39 Å². The maximum atomic E-state index is 13.2. The third-order valence-corrected chi connectivity index (χ3v) is 3.33. The van der Waals surface area contributed by atoms with Crippen molar-refractivity contribution in [1.29, 1.82) is 0 Å². The molecule has 2 rings (SSSR count). The zero-order valence-corrected chi connectivity index (χ0v) is 11.7. The van der Waals surface area contributed by atoms with Crippen molar-refractivity contribution in [3.8, 4) is 0 Å². The van der Waals surface area contributed by atoms with Crippen molar-refractivity contribution in [2.24, 2.45) is 7.05 Å².